The van der Waals surface area contributed by atoms with E-state index >= 15 is 0 Å². The van der Waals surface area contributed by atoms with Crippen molar-refractivity contribution in [3.05, 3.63) is 44.4 Å². The maximum Gasteiger partial charge on any atom is 0.121 e. The minimum absolute atomic E-state index is 0.689. The predicted octanol–water partition coefficient (Wildman–Crippen LogP) is 4.39. The fraction of sp³-hybridized carbons (Fsp3) is 0.0769. The van der Waals surface area contributed by atoms with Crippen LogP contribution in [0.15, 0.2) is 40.9 Å². The number of rotatable bonds is 3. The minimum atomic E-state index is 0.689. The summed E-state index contributed by atoms with van der Waals surface area (Å²) in [6, 6.07) is 11.6. The summed E-state index contributed by atoms with van der Waals surface area (Å²) >= 11 is 5.74. The molecule has 0 fully saturated rings. The molecule has 2 aromatic carbocycles. The third kappa shape index (κ3) is 3.08. The second-order valence-corrected chi connectivity index (χ2v) is 5.72. The van der Waals surface area contributed by atoms with Gasteiger partial charge in [-0.1, -0.05) is 0 Å². The number of hydrogen-bond acceptors (Lipinski definition) is 3. The van der Waals surface area contributed by atoms with Gasteiger partial charge >= 0.3 is 0 Å². The third-order valence-electron chi connectivity index (χ3n) is 2.46. The lowest BCUT2D eigenvalue weighted by Gasteiger charge is -2.11. The first-order chi connectivity index (χ1) is 8.60. The fourth-order valence-corrected chi connectivity index (χ4v) is 2.26. The monoisotopic (exact) mass is 418 g/mol. The molecular weight excluding hydrogens is 407 g/mol. The lowest BCUT2D eigenvalue weighted by Crippen LogP contribution is -1.97. The SMILES string of the molecule is COc1ccc(N)c(Nc2ccc(Br)c(I)c2)c1. The summed E-state index contributed by atoms with van der Waals surface area (Å²) in [5.41, 5.74) is 8.45. The quantitative estimate of drug-likeness (QED) is 0.574. The Kier molecular flexibility index (Phi) is 4.34. The number of nitrogen functional groups attached to an aromatic ring is 1. The number of ether oxygens (including phenoxy) is 1. The van der Waals surface area contributed by atoms with Gasteiger partial charge < -0.3 is 15.8 Å². The number of benzene rings is 2. The van der Waals surface area contributed by atoms with Crippen molar-refractivity contribution in [2.24, 2.45) is 0 Å². The number of hydrogen-bond donors (Lipinski definition) is 2. The molecular formula is C13H12BrIN2O. The fourth-order valence-electron chi connectivity index (χ4n) is 1.50. The molecule has 5 heteroatoms. The minimum Gasteiger partial charge on any atom is -0.497 e. The van der Waals surface area contributed by atoms with Gasteiger partial charge in [0.25, 0.3) is 0 Å². The average molecular weight is 419 g/mol. The highest BCUT2D eigenvalue weighted by Crippen LogP contribution is 2.29. The van der Waals surface area contributed by atoms with Crippen molar-refractivity contribution in [1.29, 1.82) is 0 Å². The van der Waals surface area contributed by atoms with Gasteiger partial charge in [0.15, 0.2) is 0 Å². The Bertz CT molecular complexity index is 575. The maximum absolute atomic E-state index is 5.93. The van der Waals surface area contributed by atoms with Crippen LogP contribution in [0.4, 0.5) is 17.1 Å². The first-order valence-corrected chi connectivity index (χ1v) is 7.13. The van der Waals surface area contributed by atoms with Crippen LogP contribution in [0.5, 0.6) is 5.75 Å². The number of anilines is 3. The first kappa shape index (κ1) is 13.5. The Morgan fingerprint density at radius 3 is 2.67 bits per heavy atom. The Hall–Kier alpha value is -0.950. The Balaban J connectivity index is 2.30. The topological polar surface area (TPSA) is 47.3 Å². The molecule has 0 spiro atoms. The Labute approximate surface area is 128 Å². The molecule has 0 atom stereocenters. The van der Waals surface area contributed by atoms with E-state index in [1.165, 1.54) is 0 Å². The molecule has 0 saturated carbocycles. The summed E-state index contributed by atoms with van der Waals surface area (Å²) in [4.78, 5) is 0. The molecule has 0 aromatic heterocycles. The van der Waals surface area contributed by atoms with Crippen molar-refractivity contribution < 1.29 is 4.74 Å². The summed E-state index contributed by atoms with van der Waals surface area (Å²) in [7, 11) is 1.64. The standard InChI is InChI=1S/C13H12BrIN2O/c1-18-9-3-5-12(16)13(7-9)17-8-2-4-10(14)11(15)6-8/h2-7,17H,16H2,1H3. The largest absolute Gasteiger partial charge is 0.497 e. The summed E-state index contributed by atoms with van der Waals surface area (Å²) in [5, 5.41) is 3.28. The number of methoxy groups -OCH3 is 1. The molecule has 18 heavy (non-hydrogen) atoms. The van der Waals surface area contributed by atoms with Gasteiger partial charge in [0, 0.05) is 19.8 Å². The normalized spacial score (nSPS) is 10.2. The highest BCUT2D eigenvalue weighted by molar-refractivity contribution is 14.1. The van der Waals surface area contributed by atoms with Crippen LogP contribution in [0.1, 0.15) is 0 Å². The molecule has 0 amide bonds. The van der Waals surface area contributed by atoms with E-state index < -0.39 is 0 Å². The van der Waals surface area contributed by atoms with Crippen LogP contribution >= 0.6 is 38.5 Å². The van der Waals surface area contributed by atoms with Crippen molar-refractivity contribution in [2.45, 2.75) is 0 Å². The van der Waals surface area contributed by atoms with Crippen LogP contribution < -0.4 is 15.8 Å². The zero-order chi connectivity index (χ0) is 13.1. The van der Waals surface area contributed by atoms with Gasteiger partial charge in [-0.05, 0) is 68.9 Å². The highest BCUT2D eigenvalue weighted by atomic mass is 127. The van der Waals surface area contributed by atoms with Gasteiger partial charge in [0.1, 0.15) is 5.75 Å². The zero-order valence-electron chi connectivity index (χ0n) is 9.71. The molecule has 0 radical (unpaired) electrons. The maximum atomic E-state index is 5.93. The van der Waals surface area contributed by atoms with Gasteiger partial charge in [-0.2, -0.15) is 0 Å². The Morgan fingerprint density at radius 2 is 2.00 bits per heavy atom. The molecule has 0 bridgehead atoms. The number of nitrogens with two attached hydrogens (primary N) is 1. The second kappa shape index (κ2) is 5.79. The van der Waals surface area contributed by atoms with E-state index in [4.69, 9.17) is 10.5 Å². The molecule has 3 nitrogen and oxygen atoms in total. The Morgan fingerprint density at radius 1 is 1.22 bits per heavy atom. The summed E-state index contributed by atoms with van der Waals surface area (Å²) in [6.07, 6.45) is 0. The van der Waals surface area contributed by atoms with Crippen molar-refractivity contribution in [3.8, 4) is 5.75 Å². The summed E-state index contributed by atoms with van der Waals surface area (Å²) < 4.78 is 7.40. The van der Waals surface area contributed by atoms with E-state index in [1.807, 2.05) is 36.4 Å². The van der Waals surface area contributed by atoms with Crippen LogP contribution in [0.25, 0.3) is 0 Å². The van der Waals surface area contributed by atoms with E-state index in [0.717, 1.165) is 25.2 Å². The number of halogens is 2. The average Bonchev–Trinajstić information content (AvgIpc) is 2.36. The molecule has 0 aliphatic heterocycles. The van der Waals surface area contributed by atoms with Crippen LogP contribution in [-0.4, -0.2) is 7.11 Å². The zero-order valence-corrected chi connectivity index (χ0v) is 13.4. The van der Waals surface area contributed by atoms with Gasteiger partial charge in [-0.15, -0.1) is 0 Å². The highest BCUT2D eigenvalue weighted by Gasteiger charge is 2.03. The van der Waals surface area contributed by atoms with Gasteiger partial charge in [0.05, 0.1) is 18.5 Å². The van der Waals surface area contributed by atoms with Crippen molar-refractivity contribution in [3.63, 3.8) is 0 Å². The van der Waals surface area contributed by atoms with E-state index in [0.29, 0.717) is 5.69 Å². The van der Waals surface area contributed by atoms with E-state index in [1.54, 1.807) is 7.11 Å². The lowest BCUT2D eigenvalue weighted by atomic mass is 10.2. The van der Waals surface area contributed by atoms with Crippen molar-refractivity contribution >= 4 is 55.6 Å². The van der Waals surface area contributed by atoms with Crippen LogP contribution in [0.2, 0.25) is 0 Å². The van der Waals surface area contributed by atoms with Crippen molar-refractivity contribution in [2.75, 3.05) is 18.2 Å². The predicted molar refractivity (Wildman–Crippen MR) is 87.5 cm³/mol. The van der Waals surface area contributed by atoms with Gasteiger partial charge in [-0.25, -0.2) is 0 Å². The van der Waals surface area contributed by atoms with Gasteiger partial charge in [-0.3, -0.25) is 0 Å². The van der Waals surface area contributed by atoms with Crippen LogP contribution in [0.3, 0.4) is 0 Å². The molecule has 0 heterocycles. The van der Waals surface area contributed by atoms with E-state index in [9.17, 15) is 0 Å². The molecule has 3 N–H and O–H groups in total. The molecule has 0 saturated heterocycles. The molecule has 2 aromatic rings. The van der Waals surface area contributed by atoms with Crippen molar-refractivity contribution in [1.82, 2.24) is 0 Å². The lowest BCUT2D eigenvalue weighted by molar-refractivity contribution is 0.415. The van der Waals surface area contributed by atoms with Crippen LogP contribution in [0, 0.1) is 3.57 Å². The van der Waals surface area contributed by atoms with E-state index in [-0.39, 0.29) is 0 Å². The molecule has 0 aliphatic rings. The second-order valence-electron chi connectivity index (χ2n) is 3.71. The molecule has 2 rings (SSSR count). The van der Waals surface area contributed by atoms with Gasteiger partial charge in [0.2, 0.25) is 0 Å². The molecule has 0 unspecified atom stereocenters. The molecule has 94 valence electrons. The van der Waals surface area contributed by atoms with Crippen LogP contribution in [-0.2, 0) is 0 Å². The number of nitrogens with one attached hydrogen (secondary N) is 1. The summed E-state index contributed by atoms with van der Waals surface area (Å²) in [6.45, 7) is 0. The first-order valence-electron chi connectivity index (χ1n) is 5.26. The summed E-state index contributed by atoms with van der Waals surface area (Å²) in [5.74, 6) is 0.776. The van der Waals surface area contributed by atoms with E-state index in [2.05, 4.69) is 43.8 Å². The smallest absolute Gasteiger partial charge is 0.121 e. The molecule has 0 aliphatic carbocycles. The third-order valence-corrected chi connectivity index (χ3v) is 4.78.